The Balaban J connectivity index is 0.00000225. The first-order valence-corrected chi connectivity index (χ1v) is 8.82. The number of piperidine rings is 1. The molecule has 0 aliphatic carbocycles. The fourth-order valence-corrected chi connectivity index (χ4v) is 3.26. The van der Waals surface area contributed by atoms with Crippen molar-refractivity contribution in [3.05, 3.63) is 48.3 Å². The fourth-order valence-electron chi connectivity index (χ4n) is 3.26. The van der Waals surface area contributed by atoms with Gasteiger partial charge in [0, 0.05) is 18.8 Å². The van der Waals surface area contributed by atoms with Gasteiger partial charge in [-0.3, -0.25) is 4.79 Å². The van der Waals surface area contributed by atoms with E-state index < -0.39 is 0 Å². The molecular weight excluding hydrogens is 336 g/mol. The van der Waals surface area contributed by atoms with Crippen LogP contribution in [0.15, 0.2) is 42.7 Å². The maximum atomic E-state index is 12.2. The number of rotatable bonds is 6. The number of hydrogen-bond donors (Lipinski definition) is 2. The standard InChI is InChI=1S/C19H26N4O.ClH/c1-15(22-19(24)7-6-16-8-11-20-12-9-16)17-4-2-5-18(14-17)23-13-3-10-21-23;/h2-5,10,13-16,20H,6-9,11-12H2,1H3,(H,22,24);1H. The summed E-state index contributed by atoms with van der Waals surface area (Å²) in [5.41, 5.74) is 2.10. The second kappa shape index (κ2) is 9.59. The van der Waals surface area contributed by atoms with Crippen LogP contribution in [0.4, 0.5) is 0 Å². The van der Waals surface area contributed by atoms with Crippen molar-refractivity contribution in [2.24, 2.45) is 5.92 Å². The summed E-state index contributed by atoms with van der Waals surface area (Å²) in [5.74, 6) is 0.834. The number of nitrogens with zero attached hydrogens (tertiary/aromatic N) is 2. The van der Waals surface area contributed by atoms with E-state index in [1.165, 1.54) is 12.8 Å². The Kier molecular flexibility index (Phi) is 7.47. The maximum absolute atomic E-state index is 12.2. The molecule has 1 aliphatic heterocycles. The molecule has 1 amide bonds. The average molecular weight is 363 g/mol. The molecule has 1 fully saturated rings. The van der Waals surface area contributed by atoms with Gasteiger partial charge in [0.2, 0.25) is 5.91 Å². The van der Waals surface area contributed by atoms with E-state index in [1.807, 2.05) is 42.1 Å². The van der Waals surface area contributed by atoms with Crippen molar-refractivity contribution in [3.8, 4) is 5.69 Å². The molecule has 6 heteroatoms. The molecule has 1 aromatic carbocycles. The summed E-state index contributed by atoms with van der Waals surface area (Å²) in [4.78, 5) is 12.2. The van der Waals surface area contributed by atoms with E-state index in [2.05, 4.69) is 21.8 Å². The van der Waals surface area contributed by atoms with Gasteiger partial charge in [-0.15, -0.1) is 12.4 Å². The molecule has 2 aromatic rings. The molecule has 5 nitrogen and oxygen atoms in total. The molecule has 0 saturated carbocycles. The van der Waals surface area contributed by atoms with Gasteiger partial charge in [0.1, 0.15) is 0 Å². The monoisotopic (exact) mass is 362 g/mol. The van der Waals surface area contributed by atoms with Gasteiger partial charge in [-0.25, -0.2) is 4.68 Å². The normalized spacial score (nSPS) is 16.0. The van der Waals surface area contributed by atoms with Gasteiger partial charge >= 0.3 is 0 Å². The Morgan fingerprint density at radius 3 is 2.88 bits per heavy atom. The first-order chi connectivity index (χ1) is 11.7. The van der Waals surface area contributed by atoms with Crippen LogP contribution in [0, 0.1) is 5.92 Å². The Hall–Kier alpha value is -1.85. The Bertz CT molecular complexity index is 653. The van der Waals surface area contributed by atoms with Crippen LogP contribution in [0.2, 0.25) is 0 Å². The highest BCUT2D eigenvalue weighted by atomic mass is 35.5. The van der Waals surface area contributed by atoms with Crippen molar-refractivity contribution >= 4 is 18.3 Å². The van der Waals surface area contributed by atoms with E-state index >= 15 is 0 Å². The third-order valence-electron chi connectivity index (χ3n) is 4.76. The third kappa shape index (κ3) is 5.58. The van der Waals surface area contributed by atoms with Gasteiger partial charge in [0.25, 0.3) is 0 Å². The second-order valence-electron chi connectivity index (χ2n) is 6.57. The van der Waals surface area contributed by atoms with Crippen molar-refractivity contribution in [1.29, 1.82) is 0 Å². The Morgan fingerprint density at radius 1 is 1.36 bits per heavy atom. The minimum Gasteiger partial charge on any atom is -0.350 e. The van der Waals surface area contributed by atoms with Crippen LogP contribution in [0.5, 0.6) is 0 Å². The molecule has 0 spiro atoms. The summed E-state index contributed by atoms with van der Waals surface area (Å²) in [6, 6.07) is 10.0. The average Bonchev–Trinajstić information content (AvgIpc) is 3.16. The summed E-state index contributed by atoms with van der Waals surface area (Å²) >= 11 is 0. The van der Waals surface area contributed by atoms with E-state index in [-0.39, 0.29) is 24.4 Å². The highest BCUT2D eigenvalue weighted by Gasteiger charge is 2.16. The molecule has 1 saturated heterocycles. The first kappa shape index (κ1) is 19.5. The van der Waals surface area contributed by atoms with Crippen molar-refractivity contribution in [2.45, 2.75) is 38.6 Å². The van der Waals surface area contributed by atoms with Crippen LogP contribution in [0.25, 0.3) is 5.69 Å². The number of nitrogens with one attached hydrogen (secondary N) is 2. The van der Waals surface area contributed by atoms with Gasteiger partial charge in [0.15, 0.2) is 0 Å². The Morgan fingerprint density at radius 2 is 2.16 bits per heavy atom. The molecule has 2 N–H and O–H groups in total. The van der Waals surface area contributed by atoms with Crippen LogP contribution in [0.3, 0.4) is 0 Å². The lowest BCUT2D eigenvalue weighted by Crippen LogP contribution is -2.30. The molecule has 0 radical (unpaired) electrons. The fraction of sp³-hybridized carbons (Fsp3) is 0.474. The van der Waals surface area contributed by atoms with Crippen LogP contribution >= 0.6 is 12.4 Å². The van der Waals surface area contributed by atoms with Crippen molar-refractivity contribution in [3.63, 3.8) is 0 Å². The summed E-state index contributed by atoms with van der Waals surface area (Å²) in [5, 5.41) is 10.7. The van der Waals surface area contributed by atoms with E-state index in [0.29, 0.717) is 12.3 Å². The zero-order valence-corrected chi connectivity index (χ0v) is 15.5. The third-order valence-corrected chi connectivity index (χ3v) is 4.76. The van der Waals surface area contributed by atoms with Gasteiger partial charge in [-0.2, -0.15) is 5.10 Å². The van der Waals surface area contributed by atoms with Crippen molar-refractivity contribution in [1.82, 2.24) is 20.4 Å². The van der Waals surface area contributed by atoms with Crippen LogP contribution in [-0.2, 0) is 4.79 Å². The molecule has 2 heterocycles. The first-order valence-electron chi connectivity index (χ1n) is 8.82. The molecule has 136 valence electrons. The molecule has 1 aromatic heterocycles. The summed E-state index contributed by atoms with van der Waals surface area (Å²) < 4.78 is 1.83. The van der Waals surface area contributed by atoms with E-state index in [4.69, 9.17) is 0 Å². The predicted octanol–water partition coefficient (Wildman–Crippen LogP) is 3.25. The molecule has 1 unspecified atom stereocenters. The largest absolute Gasteiger partial charge is 0.350 e. The zero-order chi connectivity index (χ0) is 16.8. The molecule has 0 bridgehead atoms. The van der Waals surface area contributed by atoms with Crippen LogP contribution < -0.4 is 10.6 Å². The zero-order valence-electron chi connectivity index (χ0n) is 14.6. The number of amides is 1. The quantitative estimate of drug-likeness (QED) is 0.829. The molecule has 25 heavy (non-hydrogen) atoms. The minimum absolute atomic E-state index is 0. The van der Waals surface area contributed by atoms with Crippen LogP contribution in [0.1, 0.15) is 44.2 Å². The van der Waals surface area contributed by atoms with E-state index in [0.717, 1.165) is 30.8 Å². The van der Waals surface area contributed by atoms with Gasteiger partial charge in [-0.1, -0.05) is 12.1 Å². The predicted molar refractivity (Wildman–Crippen MR) is 102 cm³/mol. The number of benzene rings is 1. The Labute approximate surface area is 155 Å². The van der Waals surface area contributed by atoms with Gasteiger partial charge in [-0.05, 0) is 69.0 Å². The minimum atomic E-state index is 0. The number of aromatic nitrogens is 2. The lowest BCUT2D eigenvalue weighted by Gasteiger charge is -2.22. The van der Waals surface area contributed by atoms with E-state index in [1.54, 1.807) is 6.20 Å². The maximum Gasteiger partial charge on any atom is 0.220 e. The van der Waals surface area contributed by atoms with Crippen molar-refractivity contribution < 1.29 is 4.79 Å². The topological polar surface area (TPSA) is 59.0 Å². The number of carbonyl (C=O) groups excluding carboxylic acids is 1. The summed E-state index contributed by atoms with van der Waals surface area (Å²) in [6.45, 7) is 4.20. The highest BCUT2D eigenvalue weighted by Crippen LogP contribution is 2.19. The smallest absolute Gasteiger partial charge is 0.220 e. The lowest BCUT2D eigenvalue weighted by atomic mass is 9.93. The van der Waals surface area contributed by atoms with E-state index in [9.17, 15) is 4.79 Å². The van der Waals surface area contributed by atoms with Gasteiger partial charge in [0.05, 0.1) is 11.7 Å². The number of halogens is 1. The number of carbonyl (C=O) groups is 1. The highest BCUT2D eigenvalue weighted by molar-refractivity contribution is 5.85. The number of hydrogen-bond acceptors (Lipinski definition) is 3. The molecule has 3 rings (SSSR count). The summed E-state index contributed by atoms with van der Waals surface area (Å²) in [6.07, 6.45) is 7.67. The molecule has 1 atom stereocenters. The van der Waals surface area contributed by atoms with Crippen molar-refractivity contribution in [2.75, 3.05) is 13.1 Å². The van der Waals surface area contributed by atoms with Crippen LogP contribution in [-0.4, -0.2) is 28.8 Å². The SMILES string of the molecule is CC(NC(=O)CCC1CCNCC1)c1cccc(-n2cccn2)c1.Cl. The lowest BCUT2D eigenvalue weighted by molar-refractivity contribution is -0.122. The second-order valence-corrected chi connectivity index (χ2v) is 6.57. The summed E-state index contributed by atoms with van der Waals surface area (Å²) in [7, 11) is 0. The van der Waals surface area contributed by atoms with Gasteiger partial charge < -0.3 is 10.6 Å². The molecular formula is C19H27ClN4O. The molecule has 1 aliphatic rings.